The van der Waals surface area contributed by atoms with Crippen LogP contribution in [0.4, 0.5) is 0 Å². The van der Waals surface area contributed by atoms with Gasteiger partial charge in [0.05, 0.1) is 12.1 Å². The molecule has 0 bridgehead atoms. The van der Waals surface area contributed by atoms with E-state index in [1.54, 1.807) is 0 Å². The van der Waals surface area contributed by atoms with Crippen molar-refractivity contribution >= 4 is 34.1 Å². The highest BCUT2D eigenvalue weighted by molar-refractivity contribution is 6.30. The van der Waals surface area contributed by atoms with Crippen LogP contribution in [0.25, 0.3) is 16.6 Å². The summed E-state index contributed by atoms with van der Waals surface area (Å²) < 4.78 is 3.77. The molecule has 0 atom stereocenters. The normalized spacial score (nSPS) is 11.3. The second-order valence-electron chi connectivity index (χ2n) is 7.20. The predicted octanol–water partition coefficient (Wildman–Crippen LogP) is 3.75. The van der Waals surface area contributed by atoms with Crippen LogP contribution in [0, 0.1) is 0 Å². The number of amides is 1. The van der Waals surface area contributed by atoms with Crippen molar-refractivity contribution in [2.45, 2.75) is 13.0 Å². The Morgan fingerprint density at radius 1 is 0.968 bits per heavy atom. The molecule has 5 rings (SSSR count). The molecule has 0 unspecified atom stereocenters. The van der Waals surface area contributed by atoms with E-state index in [2.05, 4.69) is 20.6 Å². The maximum Gasteiger partial charge on any atom is 0.272 e. The molecule has 0 radical (unpaired) electrons. The van der Waals surface area contributed by atoms with Crippen molar-refractivity contribution in [2.75, 3.05) is 6.54 Å². The number of para-hydroxylation sites is 1. The van der Waals surface area contributed by atoms with Crippen LogP contribution in [0.5, 0.6) is 0 Å². The average molecular weight is 431 g/mol. The van der Waals surface area contributed by atoms with Gasteiger partial charge in [-0.25, -0.2) is 0 Å². The third kappa shape index (κ3) is 3.87. The summed E-state index contributed by atoms with van der Waals surface area (Å²) in [5.41, 5.74) is 3.17. The number of aromatic nitrogens is 5. The number of pyridine rings is 1. The molecule has 0 saturated carbocycles. The number of hydrogen-bond acceptors (Lipinski definition) is 4. The molecule has 0 saturated heterocycles. The van der Waals surface area contributed by atoms with Crippen LogP contribution in [0.1, 0.15) is 21.9 Å². The zero-order valence-corrected chi connectivity index (χ0v) is 17.3. The minimum atomic E-state index is -0.208. The van der Waals surface area contributed by atoms with Crippen LogP contribution in [0.15, 0.2) is 72.9 Å². The maximum atomic E-state index is 12.9. The van der Waals surface area contributed by atoms with E-state index in [4.69, 9.17) is 11.6 Å². The van der Waals surface area contributed by atoms with Gasteiger partial charge in [0.15, 0.2) is 11.3 Å². The number of rotatable bonds is 6. The number of fused-ring (bicyclic) bond motifs is 2. The van der Waals surface area contributed by atoms with Gasteiger partial charge in [-0.15, -0.1) is 10.2 Å². The van der Waals surface area contributed by atoms with Gasteiger partial charge in [-0.05, 0) is 35.9 Å². The van der Waals surface area contributed by atoms with Crippen molar-refractivity contribution in [3.8, 4) is 0 Å². The summed E-state index contributed by atoms with van der Waals surface area (Å²) in [6.45, 7) is 0.990. The van der Waals surface area contributed by atoms with Gasteiger partial charge < -0.3 is 5.32 Å². The lowest BCUT2D eigenvalue weighted by Gasteiger charge is -2.04. The van der Waals surface area contributed by atoms with Crippen molar-refractivity contribution in [1.82, 2.24) is 29.7 Å². The first-order valence-electron chi connectivity index (χ1n) is 9.96. The predicted molar refractivity (Wildman–Crippen MR) is 119 cm³/mol. The monoisotopic (exact) mass is 430 g/mol. The van der Waals surface area contributed by atoms with Gasteiger partial charge in [0.1, 0.15) is 5.82 Å². The standard InChI is InChI=1S/C23H19ClN6O/c24-17-10-8-16(9-11-17)15-30-19-6-2-1-5-18(19)22(28-30)23(31)25-13-12-21-27-26-20-7-3-4-14-29(20)21/h1-11,14H,12-13,15H2,(H,25,31). The Hall–Kier alpha value is -3.71. The molecular formula is C23H19ClN6O. The van der Waals surface area contributed by atoms with E-state index in [1.165, 1.54) is 0 Å². The summed E-state index contributed by atoms with van der Waals surface area (Å²) in [5, 5.41) is 17.4. The Morgan fingerprint density at radius 2 is 1.77 bits per heavy atom. The molecule has 31 heavy (non-hydrogen) atoms. The Bertz CT molecular complexity index is 1370. The molecule has 0 aliphatic rings. The minimum absolute atomic E-state index is 0.208. The summed E-state index contributed by atoms with van der Waals surface area (Å²) in [6, 6.07) is 21.1. The molecule has 0 spiro atoms. The molecule has 7 nitrogen and oxygen atoms in total. The molecule has 0 fully saturated rings. The lowest BCUT2D eigenvalue weighted by molar-refractivity contribution is 0.0949. The van der Waals surface area contributed by atoms with Gasteiger partial charge in [0.2, 0.25) is 0 Å². The molecule has 3 aromatic heterocycles. The van der Waals surface area contributed by atoms with Crippen molar-refractivity contribution in [3.63, 3.8) is 0 Å². The fourth-order valence-electron chi connectivity index (χ4n) is 3.61. The molecular weight excluding hydrogens is 412 g/mol. The smallest absolute Gasteiger partial charge is 0.272 e. The molecule has 5 aromatic rings. The van der Waals surface area contributed by atoms with Crippen LogP contribution in [0.2, 0.25) is 5.02 Å². The third-order valence-corrected chi connectivity index (χ3v) is 5.39. The van der Waals surface area contributed by atoms with Crippen LogP contribution in [-0.4, -0.2) is 36.8 Å². The molecule has 154 valence electrons. The molecule has 2 aromatic carbocycles. The van der Waals surface area contributed by atoms with Gasteiger partial charge in [0, 0.05) is 29.6 Å². The Balaban J connectivity index is 1.34. The summed E-state index contributed by atoms with van der Waals surface area (Å²) in [5.74, 6) is 0.592. The quantitative estimate of drug-likeness (QED) is 0.445. The minimum Gasteiger partial charge on any atom is -0.350 e. The average Bonchev–Trinajstić information content (AvgIpc) is 3.37. The van der Waals surface area contributed by atoms with Gasteiger partial charge in [-0.1, -0.05) is 48.0 Å². The van der Waals surface area contributed by atoms with Crippen LogP contribution >= 0.6 is 11.6 Å². The zero-order chi connectivity index (χ0) is 21.2. The number of carbonyl (C=O) groups is 1. The van der Waals surface area contributed by atoms with Gasteiger partial charge >= 0.3 is 0 Å². The van der Waals surface area contributed by atoms with E-state index in [-0.39, 0.29) is 5.91 Å². The van der Waals surface area contributed by atoms with Crippen molar-refractivity contribution < 1.29 is 4.79 Å². The maximum absolute atomic E-state index is 12.9. The van der Waals surface area contributed by atoms with Crippen LogP contribution in [0.3, 0.4) is 0 Å². The van der Waals surface area contributed by atoms with E-state index in [0.717, 1.165) is 27.9 Å². The van der Waals surface area contributed by atoms with Gasteiger partial charge in [-0.3, -0.25) is 13.9 Å². The number of halogens is 1. The first-order chi connectivity index (χ1) is 15.2. The SMILES string of the molecule is O=C(NCCc1nnc2ccccn12)c1nn(Cc2ccc(Cl)cc2)c2ccccc12. The Kier molecular flexibility index (Phi) is 5.09. The largest absolute Gasteiger partial charge is 0.350 e. The fourth-order valence-corrected chi connectivity index (χ4v) is 3.74. The number of benzene rings is 2. The molecule has 0 aliphatic carbocycles. The number of hydrogen-bond donors (Lipinski definition) is 1. The Morgan fingerprint density at radius 3 is 2.65 bits per heavy atom. The summed E-state index contributed by atoms with van der Waals surface area (Å²) in [4.78, 5) is 12.9. The highest BCUT2D eigenvalue weighted by Crippen LogP contribution is 2.20. The molecule has 1 amide bonds. The van der Waals surface area contributed by atoms with E-state index >= 15 is 0 Å². The van der Waals surface area contributed by atoms with Crippen molar-refractivity contribution in [3.05, 3.63) is 95.0 Å². The second-order valence-corrected chi connectivity index (χ2v) is 7.64. The number of carbonyl (C=O) groups excluding carboxylic acids is 1. The second kappa shape index (κ2) is 8.20. The highest BCUT2D eigenvalue weighted by Gasteiger charge is 2.17. The fraction of sp³-hybridized carbons (Fsp3) is 0.130. The summed E-state index contributed by atoms with van der Waals surface area (Å²) in [7, 11) is 0. The first-order valence-corrected chi connectivity index (χ1v) is 10.3. The summed E-state index contributed by atoms with van der Waals surface area (Å²) >= 11 is 5.99. The van der Waals surface area contributed by atoms with E-state index < -0.39 is 0 Å². The van der Waals surface area contributed by atoms with E-state index in [9.17, 15) is 4.79 Å². The third-order valence-electron chi connectivity index (χ3n) is 5.14. The lowest BCUT2D eigenvalue weighted by atomic mass is 10.2. The lowest BCUT2D eigenvalue weighted by Crippen LogP contribution is -2.27. The highest BCUT2D eigenvalue weighted by atomic mass is 35.5. The van der Waals surface area contributed by atoms with Crippen molar-refractivity contribution in [1.29, 1.82) is 0 Å². The topological polar surface area (TPSA) is 77.1 Å². The molecule has 1 N–H and O–H groups in total. The molecule has 0 aliphatic heterocycles. The Labute approximate surface area is 183 Å². The first kappa shape index (κ1) is 19.3. The summed E-state index contributed by atoms with van der Waals surface area (Å²) in [6.07, 6.45) is 2.48. The van der Waals surface area contributed by atoms with E-state index in [0.29, 0.717) is 30.2 Å². The zero-order valence-electron chi connectivity index (χ0n) is 16.6. The number of nitrogens with zero attached hydrogens (tertiary/aromatic N) is 5. The van der Waals surface area contributed by atoms with Crippen molar-refractivity contribution in [2.24, 2.45) is 0 Å². The van der Waals surface area contributed by atoms with Gasteiger partial charge in [-0.2, -0.15) is 5.10 Å². The van der Waals surface area contributed by atoms with Crippen LogP contribution in [-0.2, 0) is 13.0 Å². The molecule has 8 heteroatoms. The van der Waals surface area contributed by atoms with Crippen LogP contribution < -0.4 is 5.32 Å². The number of nitrogens with one attached hydrogen (secondary N) is 1. The van der Waals surface area contributed by atoms with E-state index in [1.807, 2.05) is 82.0 Å². The van der Waals surface area contributed by atoms with Gasteiger partial charge in [0.25, 0.3) is 5.91 Å². The molecule has 3 heterocycles.